The Balaban J connectivity index is 1.54. The molecule has 4 rings (SSSR count). The molecule has 0 aliphatic carbocycles. The Hall–Kier alpha value is -0.920. The van der Waals surface area contributed by atoms with Crippen LogP contribution in [0.4, 0.5) is 0 Å². The van der Waals surface area contributed by atoms with Crippen molar-refractivity contribution in [3.63, 3.8) is 0 Å². The molecule has 4 nitrogen and oxygen atoms in total. The maximum atomic E-state index is 12.1. The third-order valence-electron chi connectivity index (χ3n) is 4.83. The van der Waals surface area contributed by atoms with E-state index < -0.39 is 9.84 Å². The number of amidine groups is 1. The molecule has 0 aromatic heterocycles. The molecule has 2 atom stereocenters. The van der Waals surface area contributed by atoms with Crippen LogP contribution in [-0.4, -0.2) is 42.1 Å². The normalized spacial score (nSPS) is 23.0. The van der Waals surface area contributed by atoms with Crippen LogP contribution in [0.2, 0.25) is 15.1 Å². The van der Waals surface area contributed by atoms with E-state index in [2.05, 4.69) is 4.90 Å². The zero-order valence-electron chi connectivity index (χ0n) is 14.7. The smallest absolute Gasteiger partial charge is 0.160 e. The van der Waals surface area contributed by atoms with Gasteiger partial charge in [0, 0.05) is 17.3 Å². The monoisotopic (exact) mass is 474 g/mol. The van der Waals surface area contributed by atoms with Crippen molar-refractivity contribution in [2.45, 2.75) is 24.4 Å². The van der Waals surface area contributed by atoms with Gasteiger partial charge in [0.15, 0.2) is 15.0 Å². The lowest BCUT2D eigenvalue weighted by Crippen LogP contribution is -2.38. The SMILES string of the molecule is O=S1(=O)C[C@@H]2N=C(SCc3ccc(Cl)c(Cl)c3)N(Cc3ccc(Cl)cc3)[C@H]2C1. The summed E-state index contributed by atoms with van der Waals surface area (Å²) in [6.45, 7) is 0.598. The number of fused-ring (bicyclic) bond motifs is 1. The molecule has 9 heteroatoms. The molecule has 2 aliphatic heterocycles. The van der Waals surface area contributed by atoms with Gasteiger partial charge in [-0.1, -0.05) is 64.8 Å². The number of hydrogen-bond acceptors (Lipinski definition) is 5. The highest BCUT2D eigenvalue weighted by Gasteiger charge is 2.46. The molecule has 0 radical (unpaired) electrons. The highest BCUT2D eigenvalue weighted by molar-refractivity contribution is 8.13. The number of thioether (sulfide) groups is 1. The van der Waals surface area contributed by atoms with Gasteiger partial charge in [0.1, 0.15) is 0 Å². The van der Waals surface area contributed by atoms with Gasteiger partial charge in [-0.2, -0.15) is 0 Å². The third kappa shape index (κ3) is 4.46. The first-order chi connectivity index (χ1) is 13.3. The first-order valence-electron chi connectivity index (χ1n) is 8.67. The number of rotatable bonds is 4. The van der Waals surface area contributed by atoms with Crippen LogP contribution in [0.25, 0.3) is 0 Å². The second-order valence-corrected chi connectivity index (χ2v) is 11.3. The van der Waals surface area contributed by atoms with E-state index in [-0.39, 0.29) is 23.6 Å². The van der Waals surface area contributed by atoms with Gasteiger partial charge >= 0.3 is 0 Å². The van der Waals surface area contributed by atoms with E-state index in [0.29, 0.717) is 27.4 Å². The standard InChI is InChI=1S/C19H17Cl3N2O2S2/c20-14-4-1-12(2-5-14)8-24-18-11-28(25,26)10-17(18)23-19(24)27-9-13-3-6-15(21)16(22)7-13/h1-7,17-18H,8-11H2/t17-,18-/m0/s1. The van der Waals surface area contributed by atoms with E-state index >= 15 is 0 Å². The van der Waals surface area contributed by atoms with Gasteiger partial charge in [-0.05, 0) is 35.4 Å². The number of nitrogens with zero attached hydrogens (tertiary/aromatic N) is 2. The van der Waals surface area contributed by atoms with Crippen LogP contribution in [0.3, 0.4) is 0 Å². The molecule has 2 aromatic rings. The summed E-state index contributed by atoms with van der Waals surface area (Å²) >= 11 is 19.7. The minimum Gasteiger partial charge on any atom is -0.341 e. The van der Waals surface area contributed by atoms with Crippen LogP contribution in [-0.2, 0) is 22.1 Å². The number of sulfone groups is 1. The highest BCUT2D eigenvalue weighted by Crippen LogP contribution is 2.34. The number of benzene rings is 2. The second kappa shape index (κ2) is 8.07. The molecule has 2 aliphatic rings. The predicted octanol–water partition coefficient (Wildman–Crippen LogP) is 4.92. The Morgan fingerprint density at radius 3 is 2.43 bits per heavy atom. The Morgan fingerprint density at radius 1 is 1.00 bits per heavy atom. The molecular weight excluding hydrogens is 459 g/mol. The van der Waals surface area contributed by atoms with Gasteiger partial charge in [0.05, 0.1) is 33.6 Å². The topological polar surface area (TPSA) is 49.7 Å². The minimum absolute atomic E-state index is 0.114. The van der Waals surface area contributed by atoms with E-state index in [1.165, 1.54) is 0 Å². The first kappa shape index (κ1) is 20.4. The van der Waals surface area contributed by atoms with Gasteiger partial charge in [0.25, 0.3) is 0 Å². The second-order valence-electron chi connectivity index (χ2n) is 6.91. The van der Waals surface area contributed by atoms with Crippen LogP contribution in [0.1, 0.15) is 11.1 Å². The van der Waals surface area contributed by atoms with Crippen molar-refractivity contribution in [1.82, 2.24) is 4.90 Å². The fourth-order valence-corrected chi connectivity index (χ4v) is 6.83. The fraction of sp³-hybridized carbons (Fsp3) is 0.316. The van der Waals surface area contributed by atoms with Crippen LogP contribution in [0, 0.1) is 0 Å². The van der Waals surface area contributed by atoms with Crippen molar-refractivity contribution in [1.29, 1.82) is 0 Å². The summed E-state index contributed by atoms with van der Waals surface area (Å²) in [6, 6.07) is 12.9. The summed E-state index contributed by atoms with van der Waals surface area (Å²) < 4.78 is 24.2. The van der Waals surface area contributed by atoms with Crippen LogP contribution >= 0.6 is 46.6 Å². The molecule has 0 spiro atoms. The Labute approximate surface area is 183 Å². The molecule has 28 heavy (non-hydrogen) atoms. The number of hydrogen-bond donors (Lipinski definition) is 0. The molecular formula is C19H17Cl3N2O2S2. The van der Waals surface area contributed by atoms with E-state index in [1.54, 1.807) is 17.8 Å². The molecule has 0 amide bonds. The number of aliphatic imine (C=N–C) groups is 1. The Morgan fingerprint density at radius 2 is 1.71 bits per heavy atom. The van der Waals surface area contributed by atoms with Gasteiger partial charge in [-0.3, -0.25) is 4.99 Å². The maximum absolute atomic E-state index is 12.1. The summed E-state index contributed by atoms with van der Waals surface area (Å²) in [7, 11) is -3.05. The average Bonchev–Trinajstić information content (AvgIpc) is 3.10. The van der Waals surface area contributed by atoms with Crippen LogP contribution in [0.15, 0.2) is 47.5 Å². The van der Waals surface area contributed by atoms with E-state index in [4.69, 9.17) is 39.8 Å². The fourth-order valence-electron chi connectivity index (χ4n) is 3.46. The molecule has 2 heterocycles. The van der Waals surface area contributed by atoms with Gasteiger partial charge in [-0.15, -0.1) is 0 Å². The Bertz CT molecular complexity index is 1030. The van der Waals surface area contributed by atoms with Gasteiger partial charge in [0.2, 0.25) is 0 Å². The third-order valence-corrected chi connectivity index (χ3v) is 8.60. The highest BCUT2D eigenvalue weighted by atomic mass is 35.5. The summed E-state index contributed by atoms with van der Waals surface area (Å²) in [5.41, 5.74) is 2.11. The molecule has 0 unspecified atom stereocenters. The van der Waals surface area contributed by atoms with Crippen LogP contribution in [0.5, 0.6) is 0 Å². The molecule has 2 aromatic carbocycles. The van der Waals surface area contributed by atoms with Gasteiger partial charge < -0.3 is 4.90 Å². The first-order valence-corrected chi connectivity index (χ1v) is 12.6. The molecule has 0 bridgehead atoms. The van der Waals surface area contributed by atoms with E-state index in [9.17, 15) is 8.42 Å². The zero-order valence-corrected chi connectivity index (χ0v) is 18.6. The summed E-state index contributed by atoms with van der Waals surface area (Å²) in [5.74, 6) is 0.941. The van der Waals surface area contributed by atoms with E-state index in [1.807, 2.05) is 36.4 Å². The summed E-state index contributed by atoms with van der Waals surface area (Å²) in [4.78, 5) is 6.85. The van der Waals surface area contributed by atoms with Gasteiger partial charge in [-0.25, -0.2) is 8.42 Å². The largest absolute Gasteiger partial charge is 0.341 e. The van der Waals surface area contributed by atoms with Crippen molar-refractivity contribution < 1.29 is 8.42 Å². The average molecular weight is 476 g/mol. The predicted molar refractivity (Wildman–Crippen MR) is 118 cm³/mol. The molecule has 0 N–H and O–H groups in total. The number of halogens is 3. The van der Waals surface area contributed by atoms with Crippen molar-refractivity contribution in [3.05, 3.63) is 68.7 Å². The van der Waals surface area contributed by atoms with Crippen molar-refractivity contribution in [3.8, 4) is 0 Å². The summed E-state index contributed by atoms with van der Waals surface area (Å²) in [6.07, 6.45) is 0. The quantitative estimate of drug-likeness (QED) is 0.630. The maximum Gasteiger partial charge on any atom is 0.160 e. The lowest BCUT2D eigenvalue weighted by atomic mass is 10.1. The summed E-state index contributed by atoms with van der Waals surface area (Å²) in [5, 5.41) is 2.59. The molecule has 1 fully saturated rings. The zero-order chi connectivity index (χ0) is 19.9. The molecule has 148 valence electrons. The van der Waals surface area contributed by atoms with E-state index in [0.717, 1.165) is 16.3 Å². The van der Waals surface area contributed by atoms with Crippen molar-refractivity contribution >= 4 is 61.6 Å². The lowest BCUT2D eigenvalue weighted by Gasteiger charge is -2.26. The van der Waals surface area contributed by atoms with Crippen molar-refractivity contribution in [2.24, 2.45) is 4.99 Å². The minimum atomic E-state index is -3.05. The molecule has 0 saturated carbocycles. The van der Waals surface area contributed by atoms with Crippen molar-refractivity contribution in [2.75, 3.05) is 11.5 Å². The van der Waals surface area contributed by atoms with Crippen LogP contribution < -0.4 is 0 Å². The molecule has 1 saturated heterocycles. The lowest BCUT2D eigenvalue weighted by molar-refractivity contribution is 0.343. The Kier molecular flexibility index (Phi) is 5.87.